The monoisotopic (exact) mass is 236 g/mol. The van der Waals surface area contributed by atoms with Crippen LogP contribution in [0.1, 0.15) is 36.8 Å². The molecule has 1 atom stereocenters. The van der Waals surface area contributed by atoms with E-state index in [0.29, 0.717) is 5.92 Å². The standard InChI is InChI=1S/C15H21Cl/c1-12-5-4-6-13(9-12)10-15(11-16)14-7-2-3-8-14/h4-6,9,14-15H,2-3,7-8,10-11H2,1H3. The topological polar surface area (TPSA) is 0 Å². The molecule has 1 aliphatic rings. The minimum Gasteiger partial charge on any atom is -0.126 e. The molecule has 0 aromatic heterocycles. The normalized spacial score (nSPS) is 18.9. The maximum Gasteiger partial charge on any atom is 0.0257 e. The van der Waals surface area contributed by atoms with E-state index in [9.17, 15) is 0 Å². The summed E-state index contributed by atoms with van der Waals surface area (Å²) in [6.45, 7) is 2.16. The predicted octanol–water partition coefficient (Wildman–Crippen LogP) is 4.58. The molecule has 1 aliphatic carbocycles. The molecule has 0 amide bonds. The molecule has 1 aromatic carbocycles. The third-order valence-electron chi connectivity index (χ3n) is 3.85. The number of rotatable bonds is 4. The molecule has 0 spiro atoms. The lowest BCUT2D eigenvalue weighted by molar-refractivity contribution is 0.369. The van der Waals surface area contributed by atoms with Crippen LogP contribution in [0.5, 0.6) is 0 Å². The lowest BCUT2D eigenvalue weighted by atomic mass is 9.87. The summed E-state index contributed by atoms with van der Waals surface area (Å²) in [6.07, 6.45) is 6.76. The van der Waals surface area contributed by atoms with E-state index in [1.807, 2.05) is 0 Å². The van der Waals surface area contributed by atoms with Crippen molar-refractivity contribution in [2.24, 2.45) is 11.8 Å². The van der Waals surface area contributed by atoms with Crippen LogP contribution in [0.3, 0.4) is 0 Å². The third-order valence-corrected chi connectivity index (χ3v) is 4.24. The van der Waals surface area contributed by atoms with Gasteiger partial charge >= 0.3 is 0 Å². The van der Waals surface area contributed by atoms with Crippen molar-refractivity contribution in [3.63, 3.8) is 0 Å². The SMILES string of the molecule is Cc1cccc(CC(CCl)C2CCCC2)c1. The van der Waals surface area contributed by atoms with E-state index in [1.54, 1.807) is 0 Å². The molecule has 2 rings (SSSR count). The van der Waals surface area contributed by atoms with Gasteiger partial charge in [-0.1, -0.05) is 55.5 Å². The highest BCUT2D eigenvalue weighted by Crippen LogP contribution is 2.33. The molecule has 0 N–H and O–H groups in total. The van der Waals surface area contributed by atoms with Crippen molar-refractivity contribution in [1.29, 1.82) is 0 Å². The zero-order valence-corrected chi connectivity index (χ0v) is 10.8. The van der Waals surface area contributed by atoms with Crippen molar-refractivity contribution >= 4 is 11.6 Å². The van der Waals surface area contributed by atoms with E-state index in [-0.39, 0.29) is 0 Å². The summed E-state index contributed by atoms with van der Waals surface area (Å²) in [6, 6.07) is 8.86. The average molecular weight is 237 g/mol. The number of halogens is 1. The number of hydrogen-bond donors (Lipinski definition) is 0. The van der Waals surface area contributed by atoms with Crippen LogP contribution in [0.2, 0.25) is 0 Å². The zero-order chi connectivity index (χ0) is 11.4. The molecular weight excluding hydrogens is 216 g/mol. The van der Waals surface area contributed by atoms with E-state index in [2.05, 4.69) is 31.2 Å². The lowest BCUT2D eigenvalue weighted by Crippen LogP contribution is -2.16. The van der Waals surface area contributed by atoms with Crippen molar-refractivity contribution in [3.8, 4) is 0 Å². The summed E-state index contributed by atoms with van der Waals surface area (Å²) in [5.41, 5.74) is 2.81. The Morgan fingerprint density at radius 3 is 2.69 bits per heavy atom. The predicted molar refractivity (Wildman–Crippen MR) is 71.1 cm³/mol. The first kappa shape index (κ1) is 12.0. The second-order valence-electron chi connectivity index (χ2n) is 5.15. The van der Waals surface area contributed by atoms with Gasteiger partial charge in [-0.3, -0.25) is 0 Å². The van der Waals surface area contributed by atoms with Gasteiger partial charge in [0.05, 0.1) is 0 Å². The van der Waals surface area contributed by atoms with Gasteiger partial charge in [-0.25, -0.2) is 0 Å². The van der Waals surface area contributed by atoms with Crippen LogP contribution in [-0.2, 0) is 6.42 Å². The lowest BCUT2D eigenvalue weighted by Gasteiger charge is -2.21. The van der Waals surface area contributed by atoms with Crippen LogP contribution >= 0.6 is 11.6 Å². The van der Waals surface area contributed by atoms with Crippen LogP contribution < -0.4 is 0 Å². The Bertz CT molecular complexity index is 326. The summed E-state index contributed by atoms with van der Waals surface area (Å²) in [4.78, 5) is 0. The molecule has 0 heterocycles. The molecule has 1 unspecified atom stereocenters. The molecule has 16 heavy (non-hydrogen) atoms. The average Bonchev–Trinajstić information content (AvgIpc) is 2.79. The van der Waals surface area contributed by atoms with Crippen molar-refractivity contribution in [2.45, 2.75) is 39.0 Å². The molecule has 0 saturated heterocycles. The Morgan fingerprint density at radius 1 is 1.31 bits per heavy atom. The fourth-order valence-corrected chi connectivity index (χ4v) is 3.28. The van der Waals surface area contributed by atoms with Gasteiger partial charge in [-0.15, -0.1) is 11.6 Å². The molecule has 0 nitrogen and oxygen atoms in total. The Hall–Kier alpha value is -0.490. The fraction of sp³-hybridized carbons (Fsp3) is 0.600. The van der Waals surface area contributed by atoms with Gasteiger partial charge in [0.1, 0.15) is 0 Å². The number of aryl methyl sites for hydroxylation is 1. The van der Waals surface area contributed by atoms with Gasteiger partial charge < -0.3 is 0 Å². The van der Waals surface area contributed by atoms with E-state index in [0.717, 1.165) is 18.2 Å². The van der Waals surface area contributed by atoms with E-state index >= 15 is 0 Å². The summed E-state index contributed by atoms with van der Waals surface area (Å²) in [5.74, 6) is 2.38. The van der Waals surface area contributed by atoms with Crippen LogP contribution in [0.15, 0.2) is 24.3 Å². The summed E-state index contributed by atoms with van der Waals surface area (Å²) in [5, 5.41) is 0. The highest BCUT2D eigenvalue weighted by molar-refractivity contribution is 6.18. The van der Waals surface area contributed by atoms with Crippen molar-refractivity contribution in [1.82, 2.24) is 0 Å². The quantitative estimate of drug-likeness (QED) is 0.672. The van der Waals surface area contributed by atoms with E-state index < -0.39 is 0 Å². The van der Waals surface area contributed by atoms with Crippen molar-refractivity contribution in [3.05, 3.63) is 35.4 Å². The molecule has 0 aliphatic heterocycles. The molecule has 1 fully saturated rings. The molecule has 1 heteroatoms. The first-order valence-electron chi connectivity index (χ1n) is 6.41. The minimum absolute atomic E-state index is 0.686. The summed E-state index contributed by atoms with van der Waals surface area (Å²) < 4.78 is 0. The fourth-order valence-electron chi connectivity index (χ4n) is 2.92. The maximum atomic E-state index is 6.14. The smallest absolute Gasteiger partial charge is 0.0257 e. The highest BCUT2D eigenvalue weighted by atomic mass is 35.5. The Labute approximate surface area is 104 Å². The van der Waals surface area contributed by atoms with Gasteiger partial charge in [0.15, 0.2) is 0 Å². The molecule has 88 valence electrons. The second-order valence-corrected chi connectivity index (χ2v) is 5.46. The van der Waals surface area contributed by atoms with Crippen LogP contribution in [0, 0.1) is 18.8 Å². The molecule has 1 aromatic rings. The molecule has 0 radical (unpaired) electrons. The van der Waals surface area contributed by atoms with E-state index in [4.69, 9.17) is 11.6 Å². The van der Waals surface area contributed by atoms with Gasteiger partial charge in [0, 0.05) is 5.88 Å². The Kier molecular flexibility index (Phi) is 4.29. The van der Waals surface area contributed by atoms with Crippen molar-refractivity contribution < 1.29 is 0 Å². The first-order chi connectivity index (χ1) is 7.79. The van der Waals surface area contributed by atoms with Gasteiger partial charge in [0.25, 0.3) is 0 Å². The summed E-state index contributed by atoms with van der Waals surface area (Å²) >= 11 is 6.14. The second kappa shape index (κ2) is 5.72. The first-order valence-corrected chi connectivity index (χ1v) is 6.94. The van der Waals surface area contributed by atoms with Crippen LogP contribution in [0.25, 0.3) is 0 Å². The van der Waals surface area contributed by atoms with Crippen molar-refractivity contribution in [2.75, 3.05) is 5.88 Å². The number of benzene rings is 1. The molecule has 0 bridgehead atoms. The zero-order valence-electron chi connectivity index (χ0n) is 10.1. The largest absolute Gasteiger partial charge is 0.126 e. The highest BCUT2D eigenvalue weighted by Gasteiger charge is 2.24. The van der Waals surface area contributed by atoms with E-state index in [1.165, 1.54) is 36.8 Å². The third kappa shape index (κ3) is 3.01. The maximum absolute atomic E-state index is 6.14. The number of alkyl halides is 1. The molecule has 1 saturated carbocycles. The number of hydrogen-bond acceptors (Lipinski definition) is 0. The molecular formula is C15H21Cl. The van der Waals surface area contributed by atoms with Crippen LogP contribution in [0.4, 0.5) is 0 Å². The van der Waals surface area contributed by atoms with Gasteiger partial charge in [0.2, 0.25) is 0 Å². The van der Waals surface area contributed by atoms with Gasteiger partial charge in [-0.05, 0) is 30.7 Å². The van der Waals surface area contributed by atoms with Gasteiger partial charge in [-0.2, -0.15) is 0 Å². The van der Waals surface area contributed by atoms with Crippen LogP contribution in [-0.4, -0.2) is 5.88 Å². The Morgan fingerprint density at radius 2 is 2.06 bits per heavy atom. The minimum atomic E-state index is 0.686. The Balaban J connectivity index is 2.00. The summed E-state index contributed by atoms with van der Waals surface area (Å²) in [7, 11) is 0.